The van der Waals surface area contributed by atoms with E-state index < -0.39 is 67.2 Å². The minimum Gasteiger partial charge on any atom is -0.388 e. The third-order valence-corrected chi connectivity index (χ3v) is 4.90. The second kappa shape index (κ2) is 6.99. The van der Waals surface area contributed by atoms with E-state index in [0.717, 1.165) is 0 Å². The molecule has 3 saturated heterocycles. The van der Waals surface area contributed by atoms with Gasteiger partial charge in [0.1, 0.15) is 36.6 Å². The highest BCUT2D eigenvalue weighted by atomic mass is 16.8. The van der Waals surface area contributed by atoms with E-state index in [1.165, 1.54) is 7.11 Å². The van der Waals surface area contributed by atoms with Crippen molar-refractivity contribution in [2.75, 3.05) is 7.11 Å². The monoisotopic (exact) mass is 364 g/mol. The predicted octanol–water partition coefficient (Wildman–Crippen LogP) is -0.890. The number of hydrogen-bond acceptors (Lipinski definition) is 9. The molecule has 3 fully saturated rings. The van der Waals surface area contributed by atoms with Crippen molar-refractivity contribution in [3.63, 3.8) is 0 Å². The topological polar surface area (TPSA) is 116 Å². The van der Waals surface area contributed by atoms with Crippen molar-refractivity contribution >= 4 is 0 Å². The van der Waals surface area contributed by atoms with Crippen LogP contribution in [-0.4, -0.2) is 89.6 Å². The van der Waals surface area contributed by atoms with Crippen molar-refractivity contribution in [1.82, 2.24) is 0 Å². The van der Waals surface area contributed by atoms with Crippen LogP contribution in [0.2, 0.25) is 0 Å². The lowest BCUT2D eigenvalue weighted by Gasteiger charge is -2.45. The molecule has 3 rings (SSSR count). The molecule has 3 heterocycles. The van der Waals surface area contributed by atoms with E-state index >= 15 is 0 Å². The van der Waals surface area contributed by atoms with Crippen molar-refractivity contribution in [3.05, 3.63) is 0 Å². The van der Waals surface area contributed by atoms with E-state index in [-0.39, 0.29) is 0 Å². The first kappa shape index (κ1) is 19.4. The number of rotatable bonds is 3. The maximum atomic E-state index is 10.2. The fraction of sp³-hybridized carbons (Fsp3) is 1.00. The molecule has 9 nitrogen and oxygen atoms in total. The summed E-state index contributed by atoms with van der Waals surface area (Å²) in [5.74, 6) is -0.837. The Hall–Kier alpha value is -0.360. The van der Waals surface area contributed by atoms with Crippen LogP contribution in [0, 0.1) is 0 Å². The van der Waals surface area contributed by atoms with Gasteiger partial charge in [-0.1, -0.05) is 0 Å². The Morgan fingerprint density at radius 1 is 0.800 bits per heavy atom. The van der Waals surface area contributed by atoms with Crippen LogP contribution in [0.4, 0.5) is 0 Å². The molecule has 10 atom stereocenters. The standard InChI is InChI=1S/C16H28O9/c1-6-8(17)9(18)10(19)14(21-6)23-11-7(2)22-15(20-5)13-12(11)24-16(3,4)25-13/h6-15,17-19H,1-5H3/t6-,7-,8-,9+,10+,11-,12+,13+,14+,15+/m0/s1. The van der Waals surface area contributed by atoms with E-state index in [1.54, 1.807) is 27.7 Å². The molecule has 0 spiro atoms. The van der Waals surface area contributed by atoms with Crippen LogP contribution in [0.1, 0.15) is 27.7 Å². The van der Waals surface area contributed by atoms with Gasteiger partial charge in [-0.15, -0.1) is 0 Å². The number of ether oxygens (including phenoxy) is 6. The Morgan fingerprint density at radius 2 is 1.40 bits per heavy atom. The second-order valence-corrected chi connectivity index (χ2v) is 7.29. The average Bonchev–Trinajstić information content (AvgIpc) is 2.87. The molecule has 0 saturated carbocycles. The summed E-state index contributed by atoms with van der Waals surface area (Å²) in [7, 11) is 1.53. The van der Waals surface area contributed by atoms with Gasteiger partial charge in [-0.2, -0.15) is 0 Å². The van der Waals surface area contributed by atoms with Gasteiger partial charge >= 0.3 is 0 Å². The van der Waals surface area contributed by atoms with Gasteiger partial charge in [0.2, 0.25) is 0 Å². The summed E-state index contributed by atoms with van der Waals surface area (Å²) < 4.78 is 34.4. The molecule has 25 heavy (non-hydrogen) atoms. The molecular weight excluding hydrogens is 336 g/mol. The number of aliphatic hydroxyl groups is 3. The van der Waals surface area contributed by atoms with Gasteiger partial charge < -0.3 is 43.7 Å². The lowest BCUT2D eigenvalue weighted by atomic mass is 9.97. The summed E-state index contributed by atoms with van der Waals surface area (Å²) in [6.45, 7) is 6.96. The number of aliphatic hydroxyl groups excluding tert-OH is 3. The van der Waals surface area contributed by atoms with Crippen molar-refractivity contribution in [1.29, 1.82) is 0 Å². The minimum absolute atomic E-state index is 0.432. The maximum Gasteiger partial charge on any atom is 0.187 e. The third kappa shape index (κ3) is 3.58. The average molecular weight is 364 g/mol. The van der Waals surface area contributed by atoms with E-state index in [9.17, 15) is 15.3 Å². The minimum atomic E-state index is -1.40. The summed E-state index contributed by atoms with van der Waals surface area (Å²) in [5, 5.41) is 30.0. The summed E-state index contributed by atoms with van der Waals surface area (Å²) in [6, 6.07) is 0. The molecule has 0 unspecified atom stereocenters. The molecule has 0 radical (unpaired) electrons. The van der Waals surface area contributed by atoms with Gasteiger partial charge in [0.05, 0.1) is 12.2 Å². The first-order valence-corrected chi connectivity index (χ1v) is 8.53. The zero-order valence-electron chi connectivity index (χ0n) is 15.1. The predicted molar refractivity (Wildman–Crippen MR) is 82.4 cm³/mol. The quantitative estimate of drug-likeness (QED) is 0.586. The van der Waals surface area contributed by atoms with Crippen molar-refractivity contribution < 1.29 is 43.7 Å². The smallest absolute Gasteiger partial charge is 0.187 e. The molecule has 3 aliphatic heterocycles. The largest absolute Gasteiger partial charge is 0.388 e. The highest BCUT2D eigenvalue weighted by Gasteiger charge is 2.56. The Bertz CT molecular complexity index is 473. The molecule has 0 aromatic rings. The van der Waals surface area contributed by atoms with E-state index in [4.69, 9.17) is 28.4 Å². The van der Waals surface area contributed by atoms with Gasteiger partial charge in [0, 0.05) is 7.11 Å². The van der Waals surface area contributed by atoms with Gasteiger partial charge in [-0.25, -0.2) is 0 Å². The van der Waals surface area contributed by atoms with Crippen LogP contribution in [-0.2, 0) is 28.4 Å². The first-order valence-electron chi connectivity index (χ1n) is 8.53. The van der Waals surface area contributed by atoms with E-state index in [0.29, 0.717) is 0 Å². The number of methoxy groups -OCH3 is 1. The molecular formula is C16H28O9. The maximum absolute atomic E-state index is 10.2. The second-order valence-electron chi connectivity index (χ2n) is 7.29. The van der Waals surface area contributed by atoms with Crippen molar-refractivity contribution in [3.8, 4) is 0 Å². The molecule has 0 amide bonds. The van der Waals surface area contributed by atoms with Crippen LogP contribution >= 0.6 is 0 Å². The fourth-order valence-electron chi connectivity index (χ4n) is 3.57. The fourth-order valence-corrected chi connectivity index (χ4v) is 3.57. The summed E-state index contributed by atoms with van der Waals surface area (Å²) in [5.41, 5.74) is 0. The van der Waals surface area contributed by atoms with Crippen LogP contribution in [0.15, 0.2) is 0 Å². The van der Waals surface area contributed by atoms with Crippen molar-refractivity contribution in [2.24, 2.45) is 0 Å². The third-order valence-electron chi connectivity index (χ3n) is 4.90. The summed E-state index contributed by atoms with van der Waals surface area (Å²) >= 11 is 0. The van der Waals surface area contributed by atoms with Gasteiger partial charge in [0.15, 0.2) is 18.4 Å². The van der Waals surface area contributed by atoms with Gasteiger partial charge in [-0.05, 0) is 27.7 Å². The number of fused-ring (bicyclic) bond motifs is 1. The molecule has 3 N–H and O–H groups in total. The Morgan fingerprint density at radius 3 is 2.04 bits per heavy atom. The van der Waals surface area contributed by atoms with Crippen LogP contribution in [0.5, 0.6) is 0 Å². The van der Waals surface area contributed by atoms with Crippen LogP contribution in [0.25, 0.3) is 0 Å². The number of hydrogen-bond donors (Lipinski definition) is 3. The van der Waals surface area contributed by atoms with Crippen molar-refractivity contribution in [2.45, 2.75) is 94.9 Å². The Labute approximate surface area is 146 Å². The van der Waals surface area contributed by atoms with E-state index in [1.807, 2.05) is 0 Å². The molecule has 0 aromatic carbocycles. The van der Waals surface area contributed by atoms with Crippen LogP contribution in [0.3, 0.4) is 0 Å². The molecule has 0 bridgehead atoms. The van der Waals surface area contributed by atoms with Gasteiger partial charge in [0.25, 0.3) is 0 Å². The molecule has 146 valence electrons. The first-order chi connectivity index (χ1) is 11.6. The van der Waals surface area contributed by atoms with Crippen LogP contribution < -0.4 is 0 Å². The molecule has 9 heteroatoms. The SMILES string of the molecule is CO[C@@H]1O[C@@H](C)[C@H](O[C@H]2O[C@@H](C)[C@H](O)[C@@H](O)[C@H]2O)[C@H]2OC(C)(C)O[C@@H]12. The lowest BCUT2D eigenvalue weighted by Crippen LogP contribution is -2.62. The summed E-state index contributed by atoms with van der Waals surface area (Å²) in [4.78, 5) is 0. The zero-order chi connectivity index (χ0) is 18.5. The Balaban J connectivity index is 1.77. The molecule has 0 aromatic heterocycles. The lowest BCUT2D eigenvalue weighted by molar-refractivity contribution is -0.340. The highest BCUT2D eigenvalue weighted by Crippen LogP contribution is 2.39. The molecule has 3 aliphatic rings. The highest BCUT2D eigenvalue weighted by molar-refractivity contribution is 4.97. The zero-order valence-corrected chi connectivity index (χ0v) is 15.1. The Kier molecular flexibility index (Phi) is 5.42. The molecule has 0 aliphatic carbocycles. The van der Waals surface area contributed by atoms with E-state index in [2.05, 4.69) is 0 Å². The normalized spacial score (nSPS) is 52.8. The van der Waals surface area contributed by atoms with Gasteiger partial charge in [-0.3, -0.25) is 0 Å². The summed E-state index contributed by atoms with van der Waals surface area (Å²) in [6.07, 6.45) is -8.43.